The van der Waals surface area contributed by atoms with Crippen molar-refractivity contribution in [1.82, 2.24) is 4.90 Å². The lowest BCUT2D eigenvalue weighted by atomic mass is 9.75. The maximum absolute atomic E-state index is 13.1. The molecule has 1 aromatic rings. The molecule has 0 aromatic heterocycles. The van der Waals surface area contributed by atoms with Crippen molar-refractivity contribution in [3.63, 3.8) is 0 Å². The Labute approximate surface area is 129 Å². The van der Waals surface area contributed by atoms with Gasteiger partial charge in [-0.15, -0.1) is 0 Å². The highest BCUT2D eigenvalue weighted by Crippen LogP contribution is 2.35. The second kappa shape index (κ2) is 6.73. The van der Waals surface area contributed by atoms with Crippen LogP contribution in [-0.2, 0) is 4.79 Å². The summed E-state index contributed by atoms with van der Waals surface area (Å²) in [4.78, 5) is 14.3. The Balaban J connectivity index is 1.52. The predicted molar refractivity (Wildman–Crippen MR) is 81.5 cm³/mol. The van der Waals surface area contributed by atoms with Gasteiger partial charge in [-0.2, -0.15) is 0 Å². The molecule has 2 fully saturated rings. The number of rotatable bonds is 3. The number of nitrogens with one attached hydrogen (secondary N) is 1. The van der Waals surface area contributed by atoms with Gasteiger partial charge in [0.2, 0.25) is 5.91 Å². The van der Waals surface area contributed by atoms with E-state index in [0.717, 1.165) is 37.1 Å². The topological polar surface area (TPSA) is 32.3 Å². The van der Waals surface area contributed by atoms with Gasteiger partial charge in [-0.05, 0) is 43.4 Å². The number of piperidine rings is 1. The number of amides is 1. The zero-order valence-corrected chi connectivity index (χ0v) is 12.7. The number of halogens is 2. The second-order valence-electron chi connectivity index (χ2n) is 6.51. The van der Waals surface area contributed by atoms with Crippen LogP contribution >= 0.6 is 0 Å². The van der Waals surface area contributed by atoms with Crippen LogP contribution < -0.4 is 5.32 Å². The Morgan fingerprint density at radius 2 is 1.91 bits per heavy atom. The molecule has 0 unspecified atom stereocenters. The molecule has 1 amide bonds. The van der Waals surface area contributed by atoms with E-state index >= 15 is 0 Å². The molecule has 2 aliphatic rings. The highest BCUT2D eigenvalue weighted by atomic mass is 19.2. The molecule has 1 heterocycles. The molecule has 1 aliphatic carbocycles. The summed E-state index contributed by atoms with van der Waals surface area (Å²) in [7, 11) is 0. The van der Waals surface area contributed by atoms with E-state index in [4.69, 9.17) is 0 Å². The fraction of sp³-hybridized carbons (Fsp3) is 0.588. The molecule has 0 spiro atoms. The Morgan fingerprint density at radius 1 is 1.14 bits per heavy atom. The van der Waals surface area contributed by atoms with Crippen molar-refractivity contribution >= 4 is 11.6 Å². The molecule has 0 bridgehead atoms. The largest absolute Gasteiger partial charge is 0.325 e. The van der Waals surface area contributed by atoms with E-state index in [0.29, 0.717) is 12.2 Å². The average molecular weight is 308 g/mol. The van der Waals surface area contributed by atoms with Gasteiger partial charge in [0, 0.05) is 18.3 Å². The van der Waals surface area contributed by atoms with E-state index in [9.17, 15) is 13.6 Å². The van der Waals surface area contributed by atoms with Gasteiger partial charge in [-0.1, -0.05) is 19.3 Å². The zero-order chi connectivity index (χ0) is 15.5. The third kappa shape index (κ3) is 3.64. The standard InChI is InChI=1S/C17H22F2N2O/c18-15-6-5-14(9-16(15)19)20-17(22)11-21-8-7-12-3-1-2-4-13(12)10-21/h5-6,9,12-13H,1-4,7-8,10-11H2,(H,20,22)/t12-,13+/m1/s1. The first-order valence-electron chi connectivity index (χ1n) is 8.09. The van der Waals surface area contributed by atoms with Crippen molar-refractivity contribution in [2.75, 3.05) is 25.0 Å². The molecule has 2 atom stereocenters. The predicted octanol–water partition coefficient (Wildman–Crippen LogP) is 3.42. The van der Waals surface area contributed by atoms with Gasteiger partial charge in [-0.3, -0.25) is 9.69 Å². The van der Waals surface area contributed by atoms with Crippen molar-refractivity contribution in [3.8, 4) is 0 Å². The number of nitrogens with zero attached hydrogens (tertiary/aromatic N) is 1. The highest BCUT2D eigenvalue weighted by molar-refractivity contribution is 5.92. The lowest BCUT2D eigenvalue weighted by molar-refractivity contribution is -0.118. The summed E-state index contributed by atoms with van der Waals surface area (Å²) < 4.78 is 26.0. The second-order valence-corrected chi connectivity index (χ2v) is 6.51. The van der Waals surface area contributed by atoms with E-state index in [1.807, 2.05) is 0 Å². The summed E-state index contributed by atoms with van der Waals surface area (Å²) >= 11 is 0. The minimum absolute atomic E-state index is 0.166. The molecule has 3 nitrogen and oxygen atoms in total. The van der Waals surface area contributed by atoms with E-state index < -0.39 is 11.6 Å². The van der Waals surface area contributed by atoms with Crippen LogP contribution in [0.3, 0.4) is 0 Å². The lowest BCUT2D eigenvalue weighted by Crippen LogP contribution is -2.44. The average Bonchev–Trinajstić information content (AvgIpc) is 2.51. The number of hydrogen-bond acceptors (Lipinski definition) is 2. The number of benzene rings is 1. The van der Waals surface area contributed by atoms with Crippen molar-refractivity contribution < 1.29 is 13.6 Å². The third-order valence-electron chi connectivity index (χ3n) is 4.95. The lowest BCUT2D eigenvalue weighted by Gasteiger charge is -2.41. The molecule has 22 heavy (non-hydrogen) atoms. The fourth-order valence-corrected chi connectivity index (χ4v) is 3.80. The maximum Gasteiger partial charge on any atom is 0.238 e. The smallest absolute Gasteiger partial charge is 0.238 e. The molecule has 1 saturated heterocycles. The van der Waals surface area contributed by atoms with Crippen LogP contribution in [0, 0.1) is 23.5 Å². The molecular weight excluding hydrogens is 286 g/mol. The van der Waals surface area contributed by atoms with Crippen LogP contribution in [0.4, 0.5) is 14.5 Å². The first kappa shape index (κ1) is 15.4. The molecule has 1 aromatic carbocycles. The summed E-state index contributed by atoms with van der Waals surface area (Å²) in [6, 6.07) is 3.42. The molecule has 5 heteroatoms. The van der Waals surface area contributed by atoms with E-state index in [1.165, 1.54) is 38.2 Å². The van der Waals surface area contributed by atoms with Gasteiger partial charge in [0.1, 0.15) is 0 Å². The van der Waals surface area contributed by atoms with Crippen LogP contribution in [-0.4, -0.2) is 30.4 Å². The quantitative estimate of drug-likeness (QED) is 0.928. The molecule has 1 aliphatic heterocycles. The van der Waals surface area contributed by atoms with Gasteiger partial charge < -0.3 is 5.32 Å². The Morgan fingerprint density at radius 3 is 2.68 bits per heavy atom. The zero-order valence-electron chi connectivity index (χ0n) is 12.7. The Hall–Kier alpha value is -1.49. The Bertz CT molecular complexity index is 549. The van der Waals surface area contributed by atoms with Gasteiger partial charge in [0.05, 0.1) is 6.54 Å². The SMILES string of the molecule is O=C(CN1CC[C@H]2CCCC[C@H]2C1)Nc1ccc(F)c(F)c1. The first-order chi connectivity index (χ1) is 10.6. The normalized spacial score (nSPS) is 25.5. The summed E-state index contributed by atoms with van der Waals surface area (Å²) in [5.41, 5.74) is 0.302. The Kier molecular flexibility index (Phi) is 4.71. The summed E-state index contributed by atoms with van der Waals surface area (Å²) in [6.07, 6.45) is 6.42. The van der Waals surface area contributed by atoms with Crippen molar-refractivity contribution in [2.45, 2.75) is 32.1 Å². The van der Waals surface area contributed by atoms with Gasteiger partial charge in [0.15, 0.2) is 11.6 Å². The van der Waals surface area contributed by atoms with E-state index in [1.54, 1.807) is 0 Å². The van der Waals surface area contributed by atoms with Gasteiger partial charge >= 0.3 is 0 Å². The van der Waals surface area contributed by atoms with Crippen molar-refractivity contribution in [1.29, 1.82) is 0 Å². The van der Waals surface area contributed by atoms with Gasteiger partial charge in [-0.25, -0.2) is 8.78 Å². The van der Waals surface area contributed by atoms with Crippen LogP contribution in [0.1, 0.15) is 32.1 Å². The molecule has 1 saturated carbocycles. The first-order valence-corrected chi connectivity index (χ1v) is 8.09. The highest BCUT2D eigenvalue weighted by Gasteiger charge is 2.31. The van der Waals surface area contributed by atoms with Gasteiger partial charge in [0.25, 0.3) is 0 Å². The molecule has 1 N–H and O–H groups in total. The molecule has 120 valence electrons. The van der Waals surface area contributed by atoms with Crippen LogP contribution in [0.25, 0.3) is 0 Å². The van der Waals surface area contributed by atoms with E-state index in [2.05, 4.69) is 10.2 Å². The van der Waals surface area contributed by atoms with Crippen LogP contribution in [0.2, 0.25) is 0 Å². The van der Waals surface area contributed by atoms with Crippen LogP contribution in [0.15, 0.2) is 18.2 Å². The van der Waals surface area contributed by atoms with Crippen molar-refractivity contribution in [3.05, 3.63) is 29.8 Å². The minimum Gasteiger partial charge on any atom is -0.325 e. The van der Waals surface area contributed by atoms with Crippen LogP contribution in [0.5, 0.6) is 0 Å². The number of carbonyl (C=O) groups is 1. The molecule has 0 radical (unpaired) electrons. The summed E-state index contributed by atoms with van der Waals surface area (Å²) in [5, 5.41) is 2.64. The number of carbonyl (C=O) groups excluding carboxylic acids is 1. The maximum atomic E-state index is 13.1. The molecular formula is C17H22F2N2O. The minimum atomic E-state index is -0.944. The monoisotopic (exact) mass is 308 g/mol. The summed E-state index contributed by atoms with van der Waals surface area (Å²) in [6.45, 7) is 2.25. The van der Waals surface area contributed by atoms with E-state index in [-0.39, 0.29) is 5.91 Å². The number of fused-ring (bicyclic) bond motifs is 1. The summed E-state index contributed by atoms with van der Waals surface area (Å²) in [5.74, 6) is -0.462. The number of anilines is 1. The third-order valence-corrected chi connectivity index (χ3v) is 4.95. The van der Waals surface area contributed by atoms with Crippen molar-refractivity contribution in [2.24, 2.45) is 11.8 Å². The molecule has 3 rings (SSSR count). The number of hydrogen-bond donors (Lipinski definition) is 1. The fourth-order valence-electron chi connectivity index (χ4n) is 3.80. The number of likely N-dealkylation sites (tertiary alicyclic amines) is 1.